The summed E-state index contributed by atoms with van der Waals surface area (Å²) in [7, 11) is 0. The zero-order valence-corrected chi connectivity index (χ0v) is 11.5. The topological polar surface area (TPSA) is 38.9 Å². The predicted octanol–water partition coefficient (Wildman–Crippen LogP) is 3.53. The molecule has 0 bridgehead atoms. The Morgan fingerprint density at radius 2 is 2.00 bits per heavy atom. The lowest BCUT2D eigenvalue weighted by atomic mass is 10.2. The van der Waals surface area contributed by atoms with Gasteiger partial charge in [-0.05, 0) is 36.2 Å². The molecule has 94 valence electrons. The van der Waals surface area contributed by atoms with Gasteiger partial charge in [-0.3, -0.25) is 0 Å². The van der Waals surface area contributed by atoms with Crippen molar-refractivity contribution in [1.29, 1.82) is 0 Å². The largest absolute Gasteiger partial charge is 0.330 e. The van der Waals surface area contributed by atoms with Crippen LogP contribution in [0.15, 0.2) is 47.6 Å². The maximum atomic E-state index is 6.11. The molecule has 18 heavy (non-hydrogen) atoms. The van der Waals surface area contributed by atoms with Crippen molar-refractivity contribution >= 4 is 23.4 Å². The average Bonchev–Trinajstić information content (AvgIpc) is 2.40. The molecule has 0 radical (unpaired) electrons. The van der Waals surface area contributed by atoms with Gasteiger partial charge in [-0.1, -0.05) is 35.9 Å². The highest BCUT2D eigenvalue weighted by Gasteiger charge is 2.01. The molecule has 0 aliphatic heterocycles. The van der Waals surface area contributed by atoms with Crippen molar-refractivity contribution in [2.45, 2.75) is 17.2 Å². The van der Waals surface area contributed by atoms with E-state index in [1.807, 2.05) is 36.5 Å². The Kier molecular flexibility index (Phi) is 5.05. The van der Waals surface area contributed by atoms with Gasteiger partial charge < -0.3 is 5.73 Å². The van der Waals surface area contributed by atoms with Crippen LogP contribution in [0, 0.1) is 0 Å². The molecule has 1 aromatic carbocycles. The standard InChI is InChI=1S/C14H15ClN2S/c15-13-4-2-1-3-12(13)10-18-14-6-5-11(7-8-16)9-17-14/h1-6,9H,7-8,10,16H2. The fourth-order valence-electron chi connectivity index (χ4n) is 1.58. The van der Waals surface area contributed by atoms with E-state index in [1.54, 1.807) is 11.8 Å². The summed E-state index contributed by atoms with van der Waals surface area (Å²) in [6.07, 6.45) is 2.77. The summed E-state index contributed by atoms with van der Waals surface area (Å²) in [5.41, 5.74) is 7.82. The highest BCUT2D eigenvalue weighted by Crippen LogP contribution is 2.25. The quantitative estimate of drug-likeness (QED) is 0.851. The third-order valence-electron chi connectivity index (χ3n) is 2.56. The predicted molar refractivity (Wildman–Crippen MR) is 78.0 cm³/mol. The lowest BCUT2D eigenvalue weighted by Gasteiger charge is -2.04. The summed E-state index contributed by atoms with van der Waals surface area (Å²) >= 11 is 7.80. The van der Waals surface area contributed by atoms with Gasteiger partial charge in [0.05, 0.1) is 5.03 Å². The molecule has 0 saturated heterocycles. The Morgan fingerprint density at radius 1 is 1.17 bits per heavy atom. The lowest BCUT2D eigenvalue weighted by Crippen LogP contribution is -2.02. The molecule has 2 rings (SSSR count). The normalized spacial score (nSPS) is 10.6. The summed E-state index contributed by atoms with van der Waals surface area (Å²) in [5, 5.41) is 1.82. The Morgan fingerprint density at radius 3 is 2.67 bits per heavy atom. The van der Waals surface area contributed by atoms with Crippen LogP contribution in [0.25, 0.3) is 0 Å². The van der Waals surface area contributed by atoms with Gasteiger partial charge in [0.25, 0.3) is 0 Å². The molecule has 0 spiro atoms. The molecule has 1 aromatic heterocycles. The van der Waals surface area contributed by atoms with Crippen LogP contribution < -0.4 is 5.73 Å². The second kappa shape index (κ2) is 6.78. The molecule has 4 heteroatoms. The summed E-state index contributed by atoms with van der Waals surface area (Å²) in [6.45, 7) is 0.661. The van der Waals surface area contributed by atoms with Crippen molar-refractivity contribution in [2.75, 3.05) is 6.54 Å². The van der Waals surface area contributed by atoms with Crippen LogP contribution in [0.5, 0.6) is 0 Å². The highest BCUT2D eigenvalue weighted by atomic mass is 35.5. The second-order valence-electron chi connectivity index (χ2n) is 3.92. The summed E-state index contributed by atoms with van der Waals surface area (Å²) < 4.78 is 0. The van der Waals surface area contributed by atoms with Gasteiger partial charge in [-0.25, -0.2) is 4.98 Å². The Hall–Kier alpha value is -1.03. The molecule has 0 saturated carbocycles. The van der Waals surface area contributed by atoms with Gasteiger partial charge in [0.2, 0.25) is 0 Å². The molecule has 0 amide bonds. The number of benzene rings is 1. The number of rotatable bonds is 5. The van der Waals surface area contributed by atoms with Crippen molar-refractivity contribution in [2.24, 2.45) is 5.73 Å². The van der Waals surface area contributed by atoms with Gasteiger partial charge in [0.15, 0.2) is 0 Å². The highest BCUT2D eigenvalue weighted by molar-refractivity contribution is 7.98. The smallest absolute Gasteiger partial charge is 0.0963 e. The number of nitrogens with zero attached hydrogens (tertiary/aromatic N) is 1. The number of hydrogen-bond acceptors (Lipinski definition) is 3. The van der Waals surface area contributed by atoms with Crippen molar-refractivity contribution in [3.05, 3.63) is 58.7 Å². The third kappa shape index (κ3) is 3.73. The van der Waals surface area contributed by atoms with E-state index in [0.29, 0.717) is 6.54 Å². The van der Waals surface area contributed by atoms with Crippen LogP contribution in [-0.2, 0) is 12.2 Å². The first-order valence-electron chi connectivity index (χ1n) is 5.81. The van der Waals surface area contributed by atoms with Crippen LogP contribution in [-0.4, -0.2) is 11.5 Å². The number of halogens is 1. The van der Waals surface area contributed by atoms with E-state index in [2.05, 4.69) is 11.1 Å². The summed E-state index contributed by atoms with van der Waals surface area (Å²) in [4.78, 5) is 4.41. The Bertz CT molecular complexity index is 499. The third-order valence-corrected chi connectivity index (χ3v) is 3.93. The van der Waals surface area contributed by atoms with Crippen LogP contribution in [0.1, 0.15) is 11.1 Å². The van der Waals surface area contributed by atoms with E-state index in [9.17, 15) is 0 Å². The fraction of sp³-hybridized carbons (Fsp3) is 0.214. The first-order chi connectivity index (χ1) is 8.79. The minimum atomic E-state index is 0.661. The number of thioether (sulfide) groups is 1. The second-order valence-corrected chi connectivity index (χ2v) is 5.33. The Labute approximate surface area is 117 Å². The average molecular weight is 279 g/mol. The van der Waals surface area contributed by atoms with E-state index >= 15 is 0 Å². The van der Waals surface area contributed by atoms with E-state index in [-0.39, 0.29) is 0 Å². The molecule has 2 N–H and O–H groups in total. The first-order valence-corrected chi connectivity index (χ1v) is 7.17. The fourth-order valence-corrected chi connectivity index (χ4v) is 2.71. The molecule has 1 heterocycles. The zero-order valence-electron chi connectivity index (χ0n) is 9.97. The van der Waals surface area contributed by atoms with Crippen molar-refractivity contribution in [3.8, 4) is 0 Å². The van der Waals surface area contributed by atoms with E-state index in [4.69, 9.17) is 17.3 Å². The monoisotopic (exact) mass is 278 g/mol. The maximum absolute atomic E-state index is 6.11. The summed E-state index contributed by atoms with van der Waals surface area (Å²) in [5.74, 6) is 0.836. The van der Waals surface area contributed by atoms with Crippen LogP contribution in [0.2, 0.25) is 5.02 Å². The minimum Gasteiger partial charge on any atom is -0.330 e. The van der Waals surface area contributed by atoms with Crippen molar-refractivity contribution in [1.82, 2.24) is 4.98 Å². The summed E-state index contributed by atoms with van der Waals surface area (Å²) in [6, 6.07) is 12.0. The minimum absolute atomic E-state index is 0.661. The maximum Gasteiger partial charge on any atom is 0.0963 e. The Balaban J connectivity index is 1.96. The van der Waals surface area contributed by atoms with Crippen LogP contribution in [0.4, 0.5) is 0 Å². The van der Waals surface area contributed by atoms with E-state index < -0.39 is 0 Å². The lowest BCUT2D eigenvalue weighted by molar-refractivity contribution is 0.945. The molecule has 0 aliphatic rings. The van der Waals surface area contributed by atoms with Gasteiger partial charge in [-0.2, -0.15) is 0 Å². The molecule has 2 aromatic rings. The molecule has 0 atom stereocenters. The molecule has 0 fully saturated rings. The molecule has 0 aliphatic carbocycles. The van der Waals surface area contributed by atoms with Crippen LogP contribution in [0.3, 0.4) is 0 Å². The van der Waals surface area contributed by atoms with Crippen LogP contribution >= 0.6 is 23.4 Å². The van der Waals surface area contributed by atoms with Crippen molar-refractivity contribution < 1.29 is 0 Å². The van der Waals surface area contributed by atoms with Gasteiger partial charge in [0.1, 0.15) is 0 Å². The SMILES string of the molecule is NCCc1ccc(SCc2ccccc2Cl)nc1. The molecular formula is C14H15ClN2S. The molecule has 0 unspecified atom stereocenters. The van der Waals surface area contributed by atoms with Crippen molar-refractivity contribution in [3.63, 3.8) is 0 Å². The van der Waals surface area contributed by atoms with Gasteiger partial charge in [-0.15, -0.1) is 11.8 Å². The first kappa shape index (κ1) is 13.4. The van der Waals surface area contributed by atoms with Gasteiger partial charge >= 0.3 is 0 Å². The molecular weight excluding hydrogens is 264 g/mol. The van der Waals surface area contributed by atoms with E-state index in [0.717, 1.165) is 27.8 Å². The molecule has 2 nitrogen and oxygen atoms in total. The zero-order chi connectivity index (χ0) is 12.8. The van der Waals surface area contributed by atoms with E-state index in [1.165, 1.54) is 5.56 Å². The number of pyridine rings is 1. The number of aromatic nitrogens is 1. The number of hydrogen-bond donors (Lipinski definition) is 1. The number of nitrogens with two attached hydrogens (primary N) is 1. The van der Waals surface area contributed by atoms with Gasteiger partial charge in [0, 0.05) is 17.0 Å².